The zero-order valence-corrected chi connectivity index (χ0v) is 40.3. The van der Waals surface area contributed by atoms with E-state index in [2.05, 4.69) is 181 Å². The molecule has 340 valence electrons. The van der Waals surface area contributed by atoms with Gasteiger partial charge in [0.1, 0.15) is 0 Å². The van der Waals surface area contributed by atoms with Crippen LogP contribution in [0.4, 0.5) is 34.1 Å². The second kappa shape index (κ2) is 15.8. The number of nitrogens with zero attached hydrogens (tertiary/aromatic N) is 2. The number of aryl methyl sites for hydroxylation is 4. The second-order valence-corrected chi connectivity index (χ2v) is 23.5. The Balaban J connectivity index is 0.829. The van der Waals surface area contributed by atoms with Crippen molar-refractivity contribution < 1.29 is 0 Å². The Labute approximate surface area is 405 Å². The molecule has 0 radical (unpaired) electrons. The first-order chi connectivity index (χ1) is 33.3. The molecule has 0 heterocycles. The second-order valence-electron chi connectivity index (χ2n) is 23.5. The van der Waals surface area contributed by atoms with Gasteiger partial charge in [0.15, 0.2) is 0 Å². The van der Waals surface area contributed by atoms with Crippen molar-refractivity contribution in [3.63, 3.8) is 0 Å². The average molecular weight is 887 g/mol. The van der Waals surface area contributed by atoms with E-state index in [4.69, 9.17) is 0 Å². The van der Waals surface area contributed by atoms with Crippen molar-refractivity contribution >= 4 is 34.1 Å². The lowest BCUT2D eigenvalue weighted by Gasteiger charge is -2.57. The number of rotatable bonds is 8. The van der Waals surface area contributed by atoms with Crippen LogP contribution in [-0.4, -0.2) is 0 Å². The molecule has 0 amide bonds. The van der Waals surface area contributed by atoms with Gasteiger partial charge in [0.25, 0.3) is 0 Å². The van der Waals surface area contributed by atoms with Crippen LogP contribution in [0.1, 0.15) is 128 Å². The minimum Gasteiger partial charge on any atom is -0.310 e. The van der Waals surface area contributed by atoms with Gasteiger partial charge in [0, 0.05) is 39.5 Å². The predicted octanol–water partition coefficient (Wildman–Crippen LogP) is 17.2. The maximum absolute atomic E-state index is 2.62. The number of para-hydroxylation sites is 1. The zero-order valence-electron chi connectivity index (χ0n) is 40.3. The highest BCUT2D eigenvalue weighted by Crippen LogP contribution is 2.61. The summed E-state index contributed by atoms with van der Waals surface area (Å²) in [6, 6.07) is 62.3. The highest BCUT2D eigenvalue weighted by molar-refractivity contribution is 5.86. The Morgan fingerprint density at radius 2 is 0.985 bits per heavy atom. The molecular formula is C66H66N2. The lowest BCUT2D eigenvalue weighted by Crippen LogP contribution is -2.48. The molecule has 18 rings (SSSR count). The van der Waals surface area contributed by atoms with E-state index in [0.717, 1.165) is 61.2 Å². The van der Waals surface area contributed by atoms with Gasteiger partial charge in [-0.3, -0.25) is 0 Å². The van der Waals surface area contributed by atoms with E-state index in [1.165, 1.54) is 143 Å². The van der Waals surface area contributed by atoms with Crippen molar-refractivity contribution in [2.75, 3.05) is 9.80 Å². The zero-order chi connectivity index (χ0) is 45.1. The van der Waals surface area contributed by atoms with E-state index in [-0.39, 0.29) is 5.41 Å². The number of fused-ring (bicyclic) bond motifs is 5. The van der Waals surface area contributed by atoms with Gasteiger partial charge in [-0.15, -0.1) is 0 Å². The fourth-order valence-corrected chi connectivity index (χ4v) is 16.1. The third-order valence-electron chi connectivity index (χ3n) is 19.1. The van der Waals surface area contributed by atoms with Crippen LogP contribution < -0.4 is 9.80 Å². The van der Waals surface area contributed by atoms with Gasteiger partial charge >= 0.3 is 0 Å². The van der Waals surface area contributed by atoms with Crippen molar-refractivity contribution in [3.8, 4) is 11.1 Å². The first-order valence-corrected chi connectivity index (χ1v) is 26.7. The van der Waals surface area contributed by atoms with Crippen LogP contribution in [0, 0.1) is 29.6 Å². The van der Waals surface area contributed by atoms with Crippen molar-refractivity contribution in [1.82, 2.24) is 0 Å². The molecule has 0 aromatic heterocycles. The highest BCUT2D eigenvalue weighted by atomic mass is 15.2. The summed E-state index contributed by atoms with van der Waals surface area (Å²) in [4.78, 5) is 5.18. The molecule has 10 bridgehead atoms. The third-order valence-corrected chi connectivity index (χ3v) is 19.1. The van der Waals surface area contributed by atoms with Gasteiger partial charge < -0.3 is 9.80 Å². The lowest BCUT2D eigenvalue weighted by molar-refractivity contribution is -0.00518. The molecule has 0 aliphatic heterocycles. The van der Waals surface area contributed by atoms with E-state index in [1.807, 2.05) is 0 Å². The Kier molecular flexibility index (Phi) is 9.59. The summed E-state index contributed by atoms with van der Waals surface area (Å²) in [7, 11) is 0. The maximum Gasteiger partial charge on any atom is 0.0496 e. The maximum atomic E-state index is 2.62. The van der Waals surface area contributed by atoms with Crippen molar-refractivity contribution in [1.29, 1.82) is 0 Å². The van der Waals surface area contributed by atoms with Crippen LogP contribution in [0.5, 0.6) is 0 Å². The predicted molar refractivity (Wildman–Crippen MR) is 283 cm³/mol. The van der Waals surface area contributed by atoms with E-state index in [9.17, 15) is 0 Å². The van der Waals surface area contributed by atoms with Gasteiger partial charge in [-0.2, -0.15) is 0 Å². The molecule has 6 saturated carbocycles. The normalized spacial score (nSPS) is 26.6. The quantitative estimate of drug-likeness (QED) is 0.150. The molecule has 6 fully saturated rings. The van der Waals surface area contributed by atoms with Crippen LogP contribution >= 0.6 is 0 Å². The summed E-state index contributed by atoms with van der Waals surface area (Å²) in [5.74, 6) is 5.37. The molecule has 7 aromatic rings. The molecule has 3 unspecified atom stereocenters. The number of anilines is 6. The number of hydrogen-bond donors (Lipinski definition) is 0. The molecule has 0 N–H and O–H groups in total. The molecular weight excluding hydrogens is 821 g/mol. The molecule has 2 nitrogen and oxygen atoms in total. The van der Waals surface area contributed by atoms with Crippen LogP contribution in [0.3, 0.4) is 0 Å². The molecule has 0 spiro atoms. The Bertz CT molecular complexity index is 3010. The largest absolute Gasteiger partial charge is 0.310 e. The number of hydrogen-bond acceptors (Lipinski definition) is 2. The minimum absolute atomic E-state index is 0.0749. The van der Waals surface area contributed by atoms with Gasteiger partial charge in [0.05, 0.1) is 0 Å². The Morgan fingerprint density at radius 1 is 0.426 bits per heavy atom. The van der Waals surface area contributed by atoms with Crippen molar-refractivity contribution in [3.05, 3.63) is 202 Å². The van der Waals surface area contributed by atoms with Crippen LogP contribution in [0.2, 0.25) is 0 Å². The standard InChI is InChI=1S/C66H66N2/c1-65(2)61-11-7-6-10-58(61)59-31-30-57(39-62(59)65)68(55-26-22-49(23-27-55)60-36-45-16-21-52(60)35-45)64-38-44-13-18-50-17-12-43(14-19-51(64)20-15-44)37-63(50)67(54-8-4-3-5-9-54)56-28-24-53(25-29-56)66-40-46-32-47(41-66)34-48(33-46)42-66/h3-12,15,17,20,22-31,37-39,45-48,52,60H,13-14,16,18-19,21,32-36,40-42H2,1-2H3. The van der Waals surface area contributed by atoms with Crippen LogP contribution in [0.15, 0.2) is 158 Å². The first-order valence-electron chi connectivity index (χ1n) is 26.7. The summed E-state index contributed by atoms with van der Waals surface area (Å²) in [5.41, 5.74) is 22.3. The SMILES string of the molecule is CC1(C)c2ccccc2-c2ccc(N(c3ccc(C4CC5CCC4C5)cc3)c3cc4ccc3CCc3ccc(c(N(c5ccccc5)c5ccc(C67CC8CC(CC(C8)C6)C7)cc5)c3)CC4)cc21. The first kappa shape index (κ1) is 41.1. The summed E-state index contributed by atoms with van der Waals surface area (Å²) in [5, 5.41) is 0. The fourth-order valence-electron chi connectivity index (χ4n) is 16.1. The highest BCUT2D eigenvalue weighted by Gasteiger charge is 2.51. The van der Waals surface area contributed by atoms with Gasteiger partial charge in [-0.1, -0.05) is 117 Å². The molecule has 11 aliphatic carbocycles. The Hall–Kier alpha value is -5.86. The summed E-state index contributed by atoms with van der Waals surface area (Å²) >= 11 is 0. The third kappa shape index (κ3) is 6.78. The van der Waals surface area contributed by atoms with Gasteiger partial charge in [-0.25, -0.2) is 0 Å². The summed E-state index contributed by atoms with van der Waals surface area (Å²) < 4.78 is 0. The van der Waals surface area contributed by atoms with E-state index < -0.39 is 0 Å². The molecule has 2 heteroatoms. The molecule has 11 aliphatic rings. The summed E-state index contributed by atoms with van der Waals surface area (Å²) in [6.45, 7) is 4.83. The van der Waals surface area contributed by atoms with Crippen LogP contribution in [-0.2, 0) is 36.5 Å². The van der Waals surface area contributed by atoms with Crippen molar-refractivity contribution in [2.45, 2.75) is 120 Å². The van der Waals surface area contributed by atoms with Crippen LogP contribution in [0.25, 0.3) is 11.1 Å². The minimum atomic E-state index is -0.0749. The van der Waals surface area contributed by atoms with Gasteiger partial charge in [-0.05, 0) is 241 Å². The number of benzene rings is 7. The van der Waals surface area contributed by atoms with Gasteiger partial charge in [0.2, 0.25) is 0 Å². The molecule has 7 aromatic carbocycles. The average Bonchev–Trinajstić information content (AvgIpc) is 4.06. The fraction of sp³-hybridized carbons (Fsp3) is 0.364. The summed E-state index contributed by atoms with van der Waals surface area (Å²) in [6.07, 6.45) is 18.2. The monoisotopic (exact) mass is 887 g/mol. The lowest BCUT2D eigenvalue weighted by atomic mass is 9.48. The van der Waals surface area contributed by atoms with E-state index >= 15 is 0 Å². The van der Waals surface area contributed by atoms with E-state index in [1.54, 1.807) is 11.1 Å². The Morgan fingerprint density at radius 3 is 1.60 bits per heavy atom. The molecule has 3 atom stereocenters. The topological polar surface area (TPSA) is 6.48 Å². The molecule has 0 saturated heterocycles. The van der Waals surface area contributed by atoms with Crippen molar-refractivity contribution in [2.24, 2.45) is 29.6 Å². The van der Waals surface area contributed by atoms with E-state index in [0.29, 0.717) is 5.41 Å². The molecule has 68 heavy (non-hydrogen) atoms. The smallest absolute Gasteiger partial charge is 0.0496 e.